The van der Waals surface area contributed by atoms with Gasteiger partial charge in [0, 0.05) is 39.4 Å². The Morgan fingerprint density at radius 2 is 1.96 bits per heavy atom. The summed E-state index contributed by atoms with van der Waals surface area (Å²) in [7, 11) is 5.29. The number of ether oxygens (including phenoxy) is 2. The number of guanidine groups is 1. The van der Waals surface area contributed by atoms with Crippen LogP contribution in [0.3, 0.4) is 0 Å². The molecule has 0 fully saturated rings. The van der Waals surface area contributed by atoms with Crippen LogP contribution in [0, 0.1) is 0 Å². The van der Waals surface area contributed by atoms with Crippen LogP contribution >= 0.6 is 0 Å². The summed E-state index contributed by atoms with van der Waals surface area (Å²) in [5, 5.41) is 7.64. The van der Waals surface area contributed by atoms with E-state index in [0.717, 1.165) is 56.5 Å². The Bertz CT molecular complexity index is 800. The Kier molecular flexibility index (Phi) is 6.21. The largest absolute Gasteiger partial charge is 0.493 e. The molecule has 0 unspecified atom stereocenters. The van der Waals surface area contributed by atoms with E-state index in [1.54, 1.807) is 14.2 Å². The maximum absolute atomic E-state index is 5.46. The lowest BCUT2D eigenvalue weighted by Gasteiger charge is -2.32. The Labute approximate surface area is 161 Å². The van der Waals surface area contributed by atoms with Gasteiger partial charge in [0.15, 0.2) is 17.5 Å². The fourth-order valence-electron chi connectivity index (χ4n) is 3.38. The molecule has 3 rings (SSSR count). The van der Waals surface area contributed by atoms with Crippen molar-refractivity contribution in [3.63, 3.8) is 0 Å². The molecule has 0 aliphatic carbocycles. The molecule has 0 saturated heterocycles. The number of fused-ring (bicyclic) bond motifs is 1. The van der Waals surface area contributed by atoms with Crippen molar-refractivity contribution >= 4 is 5.96 Å². The monoisotopic (exact) mass is 371 g/mol. The Morgan fingerprint density at radius 1 is 1.22 bits per heavy atom. The van der Waals surface area contributed by atoms with Gasteiger partial charge in [-0.2, -0.15) is 5.10 Å². The minimum atomic E-state index is 0.739. The third kappa shape index (κ3) is 4.53. The first kappa shape index (κ1) is 19.1. The second kappa shape index (κ2) is 8.79. The first-order valence-electron chi connectivity index (χ1n) is 9.39. The minimum Gasteiger partial charge on any atom is -0.493 e. The second-order valence-electron chi connectivity index (χ2n) is 6.66. The molecule has 27 heavy (non-hydrogen) atoms. The van der Waals surface area contributed by atoms with Crippen LogP contribution in [0.1, 0.15) is 23.6 Å². The smallest absolute Gasteiger partial charge is 0.194 e. The summed E-state index contributed by atoms with van der Waals surface area (Å²) in [6.45, 7) is 5.43. The van der Waals surface area contributed by atoms with E-state index >= 15 is 0 Å². The average molecular weight is 371 g/mol. The quantitative estimate of drug-likeness (QED) is 0.622. The van der Waals surface area contributed by atoms with Gasteiger partial charge in [-0.1, -0.05) is 0 Å². The first-order chi connectivity index (χ1) is 13.1. The summed E-state index contributed by atoms with van der Waals surface area (Å²) in [5.41, 5.74) is 3.78. The summed E-state index contributed by atoms with van der Waals surface area (Å²) in [6.07, 6.45) is 5.79. The van der Waals surface area contributed by atoms with E-state index in [9.17, 15) is 0 Å². The molecule has 1 aliphatic heterocycles. The highest BCUT2D eigenvalue weighted by Gasteiger charge is 2.21. The van der Waals surface area contributed by atoms with Gasteiger partial charge in [-0.05, 0) is 48.6 Å². The Hall–Kier alpha value is -2.70. The van der Waals surface area contributed by atoms with E-state index < -0.39 is 0 Å². The lowest BCUT2D eigenvalue weighted by Crippen LogP contribution is -2.44. The first-order valence-corrected chi connectivity index (χ1v) is 9.39. The van der Waals surface area contributed by atoms with Crippen molar-refractivity contribution in [3.05, 3.63) is 41.2 Å². The molecule has 1 aromatic heterocycles. The third-order valence-corrected chi connectivity index (χ3v) is 4.77. The molecular weight excluding hydrogens is 342 g/mol. The number of aromatic nitrogens is 2. The van der Waals surface area contributed by atoms with Crippen LogP contribution in [-0.4, -0.2) is 54.5 Å². The molecule has 146 valence electrons. The molecule has 7 nitrogen and oxygen atoms in total. The number of nitrogens with zero attached hydrogens (tertiary/aromatic N) is 4. The molecule has 0 bridgehead atoms. The summed E-state index contributed by atoms with van der Waals surface area (Å²) < 4.78 is 12.7. The molecule has 0 atom stereocenters. The molecule has 1 aliphatic rings. The fraction of sp³-hybridized carbons (Fsp3) is 0.500. The predicted molar refractivity (Wildman–Crippen MR) is 107 cm³/mol. The van der Waals surface area contributed by atoms with E-state index in [0.29, 0.717) is 0 Å². The highest BCUT2D eigenvalue weighted by molar-refractivity contribution is 5.80. The standard InChI is InChI=1S/C20H29N5O2/c1-5-21-20(22-8-6-15-12-23-24(2)13-15)25-9-7-16-10-18(26-3)19(27-4)11-17(16)14-25/h10-13H,5-9,14H2,1-4H3,(H,21,22). The van der Waals surface area contributed by atoms with E-state index in [-0.39, 0.29) is 0 Å². The van der Waals surface area contributed by atoms with Gasteiger partial charge in [0.1, 0.15) is 0 Å². The van der Waals surface area contributed by atoms with E-state index in [2.05, 4.69) is 34.4 Å². The van der Waals surface area contributed by atoms with Gasteiger partial charge in [-0.3, -0.25) is 9.67 Å². The minimum absolute atomic E-state index is 0.739. The number of hydrogen-bond donors (Lipinski definition) is 1. The zero-order valence-electron chi connectivity index (χ0n) is 16.7. The molecule has 2 heterocycles. The molecule has 0 amide bonds. The lowest BCUT2D eigenvalue weighted by atomic mass is 9.99. The summed E-state index contributed by atoms with van der Waals surface area (Å²) >= 11 is 0. The summed E-state index contributed by atoms with van der Waals surface area (Å²) in [5.74, 6) is 2.53. The molecule has 0 saturated carbocycles. The van der Waals surface area contributed by atoms with E-state index in [4.69, 9.17) is 14.5 Å². The maximum atomic E-state index is 5.46. The normalized spacial score (nSPS) is 14.1. The van der Waals surface area contributed by atoms with Crippen LogP contribution in [-0.2, 0) is 26.4 Å². The van der Waals surface area contributed by atoms with Gasteiger partial charge in [0.2, 0.25) is 0 Å². The number of methoxy groups -OCH3 is 2. The maximum Gasteiger partial charge on any atom is 0.194 e. The van der Waals surface area contributed by atoms with Crippen molar-refractivity contribution < 1.29 is 9.47 Å². The Morgan fingerprint density at radius 3 is 2.59 bits per heavy atom. The lowest BCUT2D eigenvalue weighted by molar-refractivity contribution is 0.346. The van der Waals surface area contributed by atoms with Gasteiger partial charge in [-0.15, -0.1) is 0 Å². The number of benzene rings is 1. The van der Waals surface area contributed by atoms with E-state index in [1.165, 1.54) is 16.7 Å². The van der Waals surface area contributed by atoms with Crippen molar-refractivity contribution in [1.29, 1.82) is 0 Å². The highest BCUT2D eigenvalue weighted by atomic mass is 16.5. The van der Waals surface area contributed by atoms with Crippen molar-refractivity contribution in [2.24, 2.45) is 12.0 Å². The number of nitrogens with one attached hydrogen (secondary N) is 1. The SMILES string of the molecule is CCNC(=NCCc1cnn(C)c1)N1CCc2cc(OC)c(OC)cc2C1. The van der Waals surface area contributed by atoms with Crippen LogP contribution in [0.5, 0.6) is 11.5 Å². The van der Waals surface area contributed by atoms with Gasteiger partial charge in [0.05, 0.1) is 20.4 Å². The zero-order chi connectivity index (χ0) is 19.2. The van der Waals surface area contributed by atoms with Gasteiger partial charge >= 0.3 is 0 Å². The molecule has 1 aromatic carbocycles. The highest BCUT2D eigenvalue weighted by Crippen LogP contribution is 2.33. The average Bonchev–Trinajstić information content (AvgIpc) is 3.10. The van der Waals surface area contributed by atoms with Crippen molar-refractivity contribution in [3.8, 4) is 11.5 Å². The van der Waals surface area contributed by atoms with Crippen molar-refractivity contribution in [1.82, 2.24) is 20.0 Å². The summed E-state index contributed by atoms with van der Waals surface area (Å²) in [6, 6.07) is 4.18. The fourth-order valence-corrected chi connectivity index (χ4v) is 3.38. The molecule has 7 heteroatoms. The Balaban J connectivity index is 1.72. The molecule has 2 aromatic rings. The van der Waals surface area contributed by atoms with Crippen molar-refractivity contribution in [2.45, 2.75) is 26.3 Å². The number of aryl methyl sites for hydroxylation is 1. The van der Waals surface area contributed by atoms with Crippen LogP contribution in [0.4, 0.5) is 0 Å². The molecule has 0 spiro atoms. The van der Waals surface area contributed by atoms with Crippen molar-refractivity contribution in [2.75, 3.05) is 33.9 Å². The van der Waals surface area contributed by atoms with E-state index in [1.807, 2.05) is 24.1 Å². The third-order valence-electron chi connectivity index (χ3n) is 4.77. The second-order valence-corrected chi connectivity index (χ2v) is 6.66. The number of rotatable bonds is 6. The number of aliphatic imine (C=N–C) groups is 1. The topological polar surface area (TPSA) is 63.9 Å². The van der Waals surface area contributed by atoms with Gasteiger partial charge in [0.25, 0.3) is 0 Å². The number of hydrogen-bond acceptors (Lipinski definition) is 4. The van der Waals surface area contributed by atoms with Crippen LogP contribution in [0.25, 0.3) is 0 Å². The summed E-state index contributed by atoms with van der Waals surface area (Å²) in [4.78, 5) is 7.14. The van der Waals surface area contributed by atoms with Gasteiger partial charge < -0.3 is 19.7 Å². The predicted octanol–water partition coefficient (Wildman–Crippen LogP) is 2.00. The zero-order valence-corrected chi connectivity index (χ0v) is 16.7. The molecule has 1 N–H and O–H groups in total. The van der Waals surface area contributed by atoms with Crippen LogP contribution < -0.4 is 14.8 Å². The van der Waals surface area contributed by atoms with Crippen LogP contribution in [0.2, 0.25) is 0 Å². The van der Waals surface area contributed by atoms with Crippen LogP contribution in [0.15, 0.2) is 29.5 Å². The van der Waals surface area contributed by atoms with Gasteiger partial charge in [-0.25, -0.2) is 0 Å². The molecular formula is C20H29N5O2. The molecule has 0 radical (unpaired) electrons.